The van der Waals surface area contributed by atoms with Crippen LogP contribution in [0, 0.1) is 24.5 Å². The molecule has 0 spiro atoms. The number of hydrogen-bond acceptors (Lipinski definition) is 2. The van der Waals surface area contributed by atoms with E-state index in [1.165, 1.54) is 23.3 Å². The zero-order chi connectivity index (χ0) is 24.2. The predicted octanol–water partition coefficient (Wildman–Crippen LogP) is 6.04. The molecule has 1 aliphatic rings. The van der Waals surface area contributed by atoms with Crippen LogP contribution in [0.1, 0.15) is 46.8 Å². The number of likely N-dealkylation sites (tertiary alicyclic amines) is 1. The van der Waals surface area contributed by atoms with Gasteiger partial charge in [-0.15, -0.1) is 0 Å². The number of amides is 1. The fourth-order valence-electron chi connectivity index (χ4n) is 5.05. The van der Waals surface area contributed by atoms with Gasteiger partial charge < -0.3 is 4.90 Å². The summed E-state index contributed by atoms with van der Waals surface area (Å²) >= 11 is 0. The standard InChI is InChI=1S/C29H32F2N2O/c1-20(2)33(29(34)23-10-5-4-6-11-23)18-24-17-32(16-22-13-14-27(30)28(31)15-22)19-26(24)25-12-8-7-9-21(25)3/h4-15,20,24,26H,16-19H2,1-3H3/t24-,26+/m1/s1. The molecule has 178 valence electrons. The molecule has 0 N–H and O–H groups in total. The molecular formula is C29H32F2N2O. The van der Waals surface area contributed by atoms with Gasteiger partial charge in [0.1, 0.15) is 0 Å². The smallest absolute Gasteiger partial charge is 0.254 e. The van der Waals surface area contributed by atoms with E-state index < -0.39 is 11.6 Å². The van der Waals surface area contributed by atoms with Crippen LogP contribution in [0.15, 0.2) is 72.8 Å². The van der Waals surface area contributed by atoms with Gasteiger partial charge in [0.15, 0.2) is 11.6 Å². The Morgan fingerprint density at radius 3 is 2.35 bits per heavy atom. The van der Waals surface area contributed by atoms with Gasteiger partial charge in [-0.25, -0.2) is 8.78 Å². The van der Waals surface area contributed by atoms with E-state index in [2.05, 4.69) is 43.9 Å². The number of aryl methyl sites for hydroxylation is 1. The van der Waals surface area contributed by atoms with Crippen LogP contribution < -0.4 is 0 Å². The molecule has 0 bridgehead atoms. The second-order valence-electron chi connectivity index (χ2n) is 9.58. The Morgan fingerprint density at radius 1 is 0.971 bits per heavy atom. The third-order valence-corrected chi connectivity index (χ3v) is 6.83. The zero-order valence-corrected chi connectivity index (χ0v) is 20.0. The van der Waals surface area contributed by atoms with Gasteiger partial charge in [-0.2, -0.15) is 0 Å². The first-order valence-electron chi connectivity index (χ1n) is 11.9. The molecule has 5 heteroatoms. The van der Waals surface area contributed by atoms with Crippen LogP contribution in [-0.4, -0.2) is 41.4 Å². The summed E-state index contributed by atoms with van der Waals surface area (Å²) in [5.41, 5.74) is 3.97. The fraction of sp³-hybridized carbons (Fsp3) is 0.345. The summed E-state index contributed by atoms with van der Waals surface area (Å²) in [7, 11) is 0. The summed E-state index contributed by atoms with van der Waals surface area (Å²) in [5, 5.41) is 0. The van der Waals surface area contributed by atoms with Crippen molar-refractivity contribution in [1.29, 1.82) is 0 Å². The number of carbonyl (C=O) groups is 1. The van der Waals surface area contributed by atoms with Gasteiger partial charge in [0.2, 0.25) is 0 Å². The SMILES string of the molecule is Cc1ccccc1[C@H]1CN(Cc2ccc(F)c(F)c2)C[C@@H]1CN(C(=O)c1ccccc1)C(C)C. The van der Waals surface area contributed by atoms with E-state index in [9.17, 15) is 13.6 Å². The molecule has 0 radical (unpaired) electrons. The van der Waals surface area contributed by atoms with Crippen LogP contribution in [0.25, 0.3) is 0 Å². The molecule has 0 aliphatic carbocycles. The Hall–Kier alpha value is -3.05. The van der Waals surface area contributed by atoms with Crippen molar-refractivity contribution in [2.24, 2.45) is 5.92 Å². The average molecular weight is 463 g/mol. The number of benzene rings is 3. The zero-order valence-electron chi connectivity index (χ0n) is 20.0. The first kappa shape index (κ1) is 24.1. The average Bonchev–Trinajstić information content (AvgIpc) is 3.22. The van der Waals surface area contributed by atoms with Crippen molar-refractivity contribution >= 4 is 5.91 Å². The quantitative estimate of drug-likeness (QED) is 0.427. The molecule has 0 unspecified atom stereocenters. The molecule has 3 aromatic carbocycles. The summed E-state index contributed by atoms with van der Waals surface area (Å²) < 4.78 is 27.2. The number of nitrogens with zero attached hydrogens (tertiary/aromatic N) is 2. The molecule has 3 aromatic rings. The second kappa shape index (κ2) is 10.5. The van der Waals surface area contributed by atoms with Crippen LogP contribution in [-0.2, 0) is 6.54 Å². The Bertz CT molecular complexity index is 1130. The molecule has 34 heavy (non-hydrogen) atoms. The van der Waals surface area contributed by atoms with Crippen molar-refractivity contribution in [2.45, 2.75) is 39.3 Å². The van der Waals surface area contributed by atoms with Gasteiger partial charge >= 0.3 is 0 Å². The van der Waals surface area contributed by atoms with Crippen molar-refractivity contribution in [3.05, 3.63) is 107 Å². The van der Waals surface area contributed by atoms with Crippen molar-refractivity contribution in [3.8, 4) is 0 Å². The van der Waals surface area contributed by atoms with Gasteiger partial charge in [0.25, 0.3) is 5.91 Å². The maximum Gasteiger partial charge on any atom is 0.254 e. The van der Waals surface area contributed by atoms with E-state index in [1.54, 1.807) is 6.07 Å². The van der Waals surface area contributed by atoms with E-state index in [0.717, 1.165) is 18.7 Å². The summed E-state index contributed by atoms with van der Waals surface area (Å²) in [6.45, 7) is 9.00. The number of carbonyl (C=O) groups excluding carboxylic acids is 1. The van der Waals surface area contributed by atoms with E-state index >= 15 is 0 Å². The Kier molecular flexibility index (Phi) is 7.42. The maximum absolute atomic E-state index is 13.8. The third-order valence-electron chi connectivity index (χ3n) is 6.83. The summed E-state index contributed by atoms with van der Waals surface area (Å²) in [5.74, 6) is -1.13. The van der Waals surface area contributed by atoms with Gasteiger partial charge in [-0.1, -0.05) is 48.5 Å². The highest BCUT2D eigenvalue weighted by Gasteiger charge is 2.37. The Labute approximate surface area is 201 Å². The first-order chi connectivity index (χ1) is 16.3. The molecule has 4 rings (SSSR count). The van der Waals surface area contributed by atoms with Crippen molar-refractivity contribution in [2.75, 3.05) is 19.6 Å². The molecule has 1 amide bonds. The number of hydrogen-bond donors (Lipinski definition) is 0. The third kappa shape index (κ3) is 5.36. The number of rotatable bonds is 7. The minimum atomic E-state index is -0.826. The monoisotopic (exact) mass is 462 g/mol. The minimum absolute atomic E-state index is 0.0400. The number of halogens is 2. The molecule has 0 saturated carbocycles. The fourth-order valence-corrected chi connectivity index (χ4v) is 5.05. The summed E-state index contributed by atoms with van der Waals surface area (Å²) in [6.07, 6.45) is 0. The highest BCUT2D eigenvalue weighted by molar-refractivity contribution is 5.94. The summed E-state index contributed by atoms with van der Waals surface area (Å²) in [4.78, 5) is 17.6. The van der Waals surface area contributed by atoms with Crippen LogP contribution in [0.2, 0.25) is 0 Å². The van der Waals surface area contributed by atoms with Gasteiger partial charge in [0, 0.05) is 43.7 Å². The topological polar surface area (TPSA) is 23.6 Å². The molecule has 1 saturated heterocycles. The van der Waals surface area contributed by atoms with E-state index in [-0.39, 0.29) is 23.8 Å². The summed E-state index contributed by atoms with van der Waals surface area (Å²) in [6, 6.07) is 22.0. The molecule has 1 fully saturated rings. The molecule has 0 aromatic heterocycles. The molecular weight excluding hydrogens is 430 g/mol. The lowest BCUT2D eigenvalue weighted by Gasteiger charge is -2.32. The lowest BCUT2D eigenvalue weighted by Crippen LogP contribution is -2.42. The highest BCUT2D eigenvalue weighted by Crippen LogP contribution is 2.36. The molecule has 2 atom stereocenters. The maximum atomic E-state index is 13.8. The normalized spacial score (nSPS) is 18.4. The lowest BCUT2D eigenvalue weighted by molar-refractivity contribution is 0.0668. The Balaban J connectivity index is 1.59. The predicted molar refractivity (Wildman–Crippen MR) is 132 cm³/mol. The van der Waals surface area contributed by atoms with Crippen molar-refractivity contribution in [1.82, 2.24) is 9.80 Å². The van der Waals surface area contributed by atoms with Crippen LogP contribution >= 0.6 is 0 Å². The molecule has 1 heterocycles. The van der Waals surface area contributed by atoms with Gasteiger partial charge in [-0.05, 0) is 67.6 Å². The Morgan fingerprint density at radius 2 is 1.68 bits per heavy atom. The lowest BCUT2D eigenvalue weighted by atomic mass is 9.86. The molecule has 3 nitrogen and oxygen atoms in total. The second-order valence-corrected chi connectivity index (χ2v) is 9.58. The minimum Gasteiger partial charge on any atom is -0.336 e. The van der Waals surface area contributed by atoms with E-state index in [0.29, 0.717) is 18.7 Å². The van der Waals surface area contributed by atoms with E-state index in [1.807, 2.05) is 41.3 Å². The van der Waals surface area contributed by atoms with Crippen molar-refractivity contribution < 1.29 is 13.6 Å². The highest BCUT2D eigenvalue weighted by atomic mass is 19.2. The van der Waals surface area contributed by atoms with Crippen LogP contribution in [0.5, 0.6) is 0 Å². The van der Waals surface area contributed by atoms with Gasteiger partial charge in [-0.3, -0.25) is 9.69 Å². The van der Waals surface area contributed by atoms with E-state index in [4.69, 9.17) is 0 Å². The van der Waals surface area contributed by atoms with Crippen LogP contribution in [0.3, 0.4) is 0 Å². The van der Waals surface area contributed by atoms with Crippen molar-refractivity contribution in [3.63, 3.8) is 0 Å². The van der Waals surface area contributed by atoms with Gasteiger partial charge in [0.05, 0.1) is 0 Å². The van der Waals surface area contributed by atoms with Crippen LogP contribution in [0.4, 0.5) is 8.78 Å². The molecule has 1 aliphatic heterocycles. The first-order valence-corrected chi connectivity index (χ1v) is 11.9. The largest absolute Gasteiger partial charge is 0.336 e.